The predicted octanol–water partition coefficient (Wildman–Crippen LogP) is 0.188. The number of rotatable bonds is 3. The second kappa shape index (κ2) is 4.07. The molecule has 0 aromatic rings. The molecule has 1 heterocycles. The lowest BCUT2D eigenvalue weighted by Crippen LogP contribution is -2.43. The maximum Gasteiger partial charge on any atom is 0.223 e. The molecular weight excluding hydrogens is 168 g/mol. The molecular formula is C9H18N2O2. The van der Waals surface area contributed by atoms with Crippen molar-refractivity contribution in [3.8, 4) is 0 Å². The molecule has 1 rings (SSSR count). The Morgan fingerprint density at radius 2 is 2.15 bits per heavy atom. The highest BCUT2D eigenvalue weighted by Gasteiger charge is 2.34. The Labute approximate surface area is 79.2 Å². The summed E-state index contributed by atoms with van der Waals surface area (Å²) < 4.78 is 5.58. The Morgan fingerprint density at radius 1 is 1.54 bits per heavy atom. The van der Waals surface area contributed by atoms with Gasteiger partial charge in [0.1, 0.15) is 6.23 Å². The number of likely N-dealkylation sites (N-methyl/N-ethyl adjacent to an activating group) is 1. The molecule has 1 saturated heterocycles. The lowest BCUT2D eigenvalue weighted by atomic mass is 10.2. The zero-order valence-electron chi connectivity index (χ0n) is 8.70. The summed E-state index contributed by atoms with van der Waals surface area (Å²) >= 11 is 0. The Balaban J connectivity index is 2.55. The van der Waals surface area contributed by atoms with Crippen molar-refractivity contribution < 1.29 is 9.53 Å². The number of carbonyl (C=O) groups is 1. The molecule has 13 heavy (non-hydrogen) atoms. The second-order valence-electron chi connectivity index (χ2n) is 3.91. The fraction of sp³-hybridized carbons (Fsp3) is 0.889. The van der Waals surface area contributed by atoms with Crippen molar-refractivity contribution in [3.05, 3.63) is 0 Å². The predicted molar refractivity (Wildman–Crippen MR) is 50.2 cm³/mol. The van der Waals surface area contributed by atoms with Crippen molar-refractivity contribution in [1.82, 2.24) is 10.2 Å². The van der Waals surface area contributed by atoms with Gasteiger partial charge in [0, 0.05) is 6.42 Å². The average Bonchev–Trinajstić information content (AvgIpc) is 2.29. The number of ether oxygens (including phenoxy) is 1. The number of nitrogens with one attached hydrogen (secondary N) is 1. The molecule has 1 aliphatic heterocycles. The van der Waals surface area contributed by atoms with E-state index in [1.807, 2.05) is 32.8 Å². The van der Waals surface area contributed by atoms with Crippen molar-refractivity contribution in [1.29, 1.82) is 0 Å². The number of amides is 1. The van der Waals surface area contributed by atoms with E-state index < -0.39 is 0 Å². The van der Waals surface area contributed by atoms with Gasteiger partial charge in [0.15, 0.2) is 0 Å². The Kier molecular flexibility index (Phi) is 3.27. The van der Waals surface area contributed by atoms with Crippen molar-refractivity contribution in [2.75, 3.05) is 14.1 Å². The van der Waals surface area contributed by atoms with Crippen molar-refractivity contribution in [3.63, 3.8) is 0 Å². The van der Waals surface area contributed by atoms with E-state index in [0.717, 1.165) is 0 Å². The largest absolute Gasteiger partial charge is 0.354 e. The molecule has 0 spiro atoms. The molecule has 0 aromatic carbocycles. The molecule has 0 aromatic heterocycles. The van der Waals surface area contributed by atoms with E-state index in [9.17, 15) is 4.79 Å². The van der Waals surface area contributed by atoms with E-state index in [2.05, 4.69) is 5.32 Å². The standard InChI is InChI=1S/C9H18N2O2/c1-6(2)13-9-7(11(3)4)5-8(12)10-9/h6-7,9H,5H2,1-4H3,(H,10,12)/t7-,9+/m0/s1. The van der Waals surface area contributed by atoms with Gasteiger partial charge in [-0.3, -0.25) is 4.79 Å². The van der Waals surface area contributed by atoms with Crippen LogP contribution in [0.4, 0.5) is 0 Å². The van der Waals surface area contributed by atoms with Gasteiger partial charge in [-0.15, -0.1) is 0 Å². The maximum atomic E-state index is 11.1. The average molecular weight is 186 g/mol. The monoisotopic (exact) mass is 186 g/mol. The van der Waals surface area contributed by atoms with E-state index in [1.54, 1.807) is 0 Å². The Hall–Kier alpha value is -0.610. The van der Waals surface area contributed by atoms with Gasteiger partial charge in [0.25, 0.3) is 0 Å². The second-order valence-corrected chi connectivity index (χ2v) is 3.91. The lowest BCUT2D eigenvalue weighted by molar-refractivity contribution is -0.121. The van der Waals surface area contributed by atoms with Crippen molar-refractivity contribution in [2.45, 2.75) is 38.6 Å². The van der Waals surface area contributed by atoms with Gasteiger partial charge in [-0.25, -0.2) is 0 Å². The highest BCUT2D eigenvalue weighted by Crippen LogP contribution is 2.15. The summed E-state index contributed by atoms with van der Waals surface area (Å²) in [6.07, 6.45) is 0.526. The fourth-order valence-electron chi connectivity index (χ4n) is 1.48. The minimum absolute atomic E-state index is 0.0735. The lowest BCUT2D eigenvalue weighted by Gasteiger charge is -2.26. The number of carbonyl (C=O) groups excluding carboxylic acids is 1. The SMILES string of the molecule is CC(C)O[C@H]1NC(=O)C[C@@H]1N(C)C. The van der Waals surface area contributed by atoms with Crippen LogP contribution in [0.25, 0.3) is 0 Å². The number of hydrogen-bond acceptors (Lipinski definition) is 3. The normalized spacial score (nSPS) is 28.6. The first-order valence-electron chi connectivity index (χ1n) is 4.62. The zero-order chi connectivity index (χ0) is 10.0. The summed E-state index contributed by atoms with van der Waals surface area (Å²) in [6, 6.07) is 0.162. The molecule has 0 bridgehead atoms. The van der Waals surface area contributed by atoms with Crippen LogP contribution in [0.15, 0.2) is 0 Å². The van der Waals surface area contributed by atoms with Crippen molar-refractivity contribution >= 4 is 5.91 Å². The molecule has 1 aliphatic rings. The van der Waals surface area contributed by atoms with Crippen LogP contribution in [0.3, 0.4) is 0 Å². The highest BCUT2D eigenvalue weighted by atomic mass is 16.5. The van der Waals surface area contributed by atoms with Crippen LogP contribution < -0.4 is 5.32 Å². The molecule has 1 N–H and O–H groups in total. The van der Waals surface area contributed by atoms with Crippen LogP contribution >= 0.6 is 0 Å². The van der Waals surface area contributed by atoms with E-state index in [0.29, 0.717) is 6.42 Å². The summed E-state index contributed by atoms with van der Waals surface area (Å²) in [6.45, 7) is 3.94. The third-order valence-electron chi connectivity index (χ3n) is 2.13. The minimum atomic E-state index is -0.150. The molecule has 1 amide bonds. The minimum Gasteiger partial charge on any atom is -0.354 e. The van der Waals surface area contributed by atoms with E-state index >= 15 is 0 Å². The molecule has 0 radical (unpaired) electrons. The third-order valence-corrected chi connectivity index (χ3v) is 2.13. The molecule has 0 saturated carbocycles. The quantitative estimate of drug-likeness (QED) is 0.684. The smallest absolute Gasteiger partial charge is 0.223 e. The van der Waals surface area contributed by atoms with E-state index in [4.69, 9.17) is 4.74 Å². The van der Waals surface area contributed by atoms with Crippen LogP contribution in [-0.4, -0.2) is 43.3 Å². The number of nitrogens with zero attached hydrogens (tertiary/aromatic N) is 1. The van der Waals surface area contributed by atoms with Gasteiger partial charge >= 0.3 is 0 Å². The van der Waals surface area contributed by atoms with Crippen LogP contribution in [0, 0.1) is 0 Å². The van der Waals surface area contributed by atoms with Crippen LogP contribution in [-0.2, 0) is 9.53 Å². The third kappa shape index (κ3) is 2.67. The highest BCUT2D eigenvalue weighted by molar-refractivity contribution is 5.79. The van der Waals surface area contributed by atoms with E-state index in [-0.39, 0.29) is 24.3 Å². The first kappa shape index (κ1) is 10.5. The van der Waals surface area contributed by atoms with Gasteiger partial charge in [-0.1, -0.05) is 0 Å². The van der Waals surface area contributed by atoms with Crippen molar-refractivity contribution in [2.24, 2.45) is 0 Å². The molecule has 2 atom stereocenters. The molecule has 4 heteroatoms. The van der Waals surface area contributed by atoms with Gasteiger partial charge in [-0.2, -0.15) is 0 Å². The fourth-order valence-corrected chi connectivity index (χ4v) is 1.48. The first-order chi connectivity index (χ1) is 6.00. The van der Waals surface area contributed by atoms with Gasteiger partial charge < -0.3 is 15.0 Å². The summed E-state index contributed by atoms with van der Waals surface area (Å²) in [7, 11) is 3.92. The Morgan fingerprint density at radius 3 is 2.62 bits per heavy atom. The molecule has 1 fully saturated rings. The summed E-state index contributed by atoms with van der Waals surface area (Å²) in [5.41, 5.74) is 0. The summed E-state index contributed by atoms with van der Waals surface area (Å²) in [5.74, 6) is 0.0735. The summed E-state index contributed by atoms with van der Waals surface area (Å²) in [4.78, 5) is 13.2. The topological polar surface area (TPSA) is 41.6 Å². The van der Waals surface area contributed by atoms with Gasteiger partial charge in [0.05, 0.1) is 12.1 Å². The zero-order valence-corrected chi connectivity index (χ0v) is 8.70. The van der Waals surface area contributed by atoms with Crippen LogP contribution in [0.5, 0.6) is 0 Å². The van der Waals surface area contributed by atoms with Crippen LogP contribution in [0.1, 0.15) is 20.3 Å². The van der Waals surface area contributed by atoms with Gasteiger partial charge in [-0.05, 0) is 27.9 Å². The number of hydrogen-bond donors (Lipinski definition) is 1. The molecule has 0 aliphatic carbocycles. The van der Waals surface area contributed by atoms with Crippen LogP contribution in [0.2, 0.25) is 0 Å². The van der Waals surface area contributed by atoms with Gasteiger partial charge in [0.2, 0.25) is 5.91 Å². The maximum absolute atomic E-state index is 11.1. The first-order valence-corrected chi connectivity index (χ1v) is 4.62. The Bertz CT molecular complexity index is 192. The summed E-state index contributed by atoms with van der Waals surface area (Å²) in [5, 5.41) is 2.81. The molecule has 4 nitrogen and oxygen atoms in total. The molecule has 76 valence electrons. The van der Waals surface area contributed by atoms with E-state index in [1.165, 1.54) is 0 Å². The molecule has 0 unspecified atom stereocenters.